The summed E-state index contributed by atoms with van der Waals surface area (Å²) in [5.74, 6) is 4.16. The molecule has 0 unspecified atom stereocenters. The Balaban J connectivity index is 1.43. The van der Waals surface area contributed by atoms with Gasteiger partial charge in [-0.05, 0) is 53.5 Å². The maximum atomic E-state index is 5.73. The minimum Gasteiger partial charge on any atom is -0.496 e. The second-order valence-corrected chi connectivity index (χ2v) is 7.07. The average molecular weight is 352 g/mol. The highest BCUT2D eigenvalue weighted by Crippen LogP contribution is 2.28. The first kappa shape index (κ1) is 17.7. The van der Waals surface area contributed by atoms with Gasteiger partial charge < -0.3 is 9.47 Å². The summed E-state index contributed by atoms with van der Waals surface area (Å²) in [6.07, 6.45) is 2.15. The Labute approximate surface area is 154 Å². The Morgan fingerprint density at radius 1 is 0.800 bits per heavy atom. The number of hydrogen-bond acceptors (Lipinski definition) is 3. The normalized spacial score (nSPS) is 10.8. The highest BCUT2D eigenvalue weighted by atomic mass is 32.2. The first-order valence-electron chi connectivity index (χ1n) is 8.68. The number of aryl methyl sites for hydroxylation is 1. The molecule has 0 saturated carbocycles. The second kappa shape index (κ2) is 9.38. The SMILES string of the molecule is COc1cccc2c(CCSCCCOc3ccccc3)cccc12. The third-order valence-electron chi connectivity index (χ3n) is 4.15. The molecule has 0 heterocycles. The van der Waals surface area contributed by atoms with Crippen molar-refractivity contribution in [1.82, 2.24) is 0 Å². The summed E-state index contributed by atoms with van der Waals surface area (Å²) in [5, 5.41) is 2.50. The third kappa shape index (κ3) is 4.93. The van der Waals surface area contributed by atoms with Crippen LogP contribution in [-0.2, 0) is 6.42 Å². The molecule has 0 aromatic heterocycles. The van der Waals surface area contributed by atoms with E-state index in [1.807, 2.05) is 48.2 Å². The van der Waals surface area contributed by atoms with Crippen LogP contribution < -0.4 is 9.47 Å². The molecule has 3 rings (SSSR count). The van der Waals surface area contributed by atoms with Crippen molar-refractivity contribution >= 4 is 22.5 Å². The van der Waals surface area contributed by atoms with Gasteiger partial charge in [-0.2, -0.15) is 11.8 Å². The van der Waals surface area contributed by atoms with Crippen LogP contribution in [0.5, 0.6) is 11.5 Å². The molecule has 3 heteroatoms. The lowest BCUT2D eigenvalue weighted by atomic mass is 10.0. The summed E-state index contributed by atoms with van der Waals surface area (Å²) in [6.45, 7) is 0.780. The maximum Gasteiger partial charge on any atom is 0.126 e. The highest BCUT2D eigenvalue weighted by Gasteiger charge is 2.05. The van der Waals surface area contributed by atoms with Gasteiger partial charge >= 0.3 is 0 Å². The van der Waals surface area contributed by atoms with Crippen LogP contribution >= 0.6 is 11.8 Å². The zero-order valence-electron chi connectivity index (χ0n) is 14.6. The molecule has 0 bridgehead atoms. The van der Waals surface area contributed by atoms with E-state index in [1.165, 1.54) is 16.3 Å². The van der Waals surface area contributed by atoms with Crippen LogP contribution in [-0.4, -0.2) is 25.2 Å². The summed E-state index contributed by atoms with van der Waals surface area (Å²) in [7, 11) is 1.73. The number of para-hydroxylation sites is 1. The summed E-state index contributed by atoms with van der Waals surface area (Å²) < 4.78 is 11.2. The lowest BCUT2D eigenvalue weighted by Gasteiger charge is -2.10. The molecular weight excluding hydrogens is 328 g/mol. The molecule has 0 aliphatic carbocycles. The van der Waals surface area contributed by atoms with E-state index in [9.17, 15) is 0 Å². The van der Waals surface area contributed by atoms with Gasteiger partial charge in [0.1, 0.15) is 11.5 Å². The van der Waals surface area contributed by atoms with Crippen molar-refractivity contribution < 1.29 is 9.47 Å². The number of benzene rings is 3. The minimum absolute atomic E-state index is 0.780. The van der Waals surface area contributed by atoms with Crippen LogP contribution in [0.3, 0.4) is 0 Å². The lowest BCUT2D eigenvalue weighted by Crippen LogP contribution is -1.99. The quantitative estimate of drug-likeness (QED) is 0.468. The van der Waals surface area contributed by atoms with Crippen molar-refractivity contribution in [2.24, 2.45) is 0 Å². The molecule has 0 spiro atoms. The van der Waals surface area contributed by atoms with E-state index in [2.05, 4.69) is 30.3 Å². The van der Waals surface area contributed by atoms with Crippen LogP contribution in [0.4, 0.5) is 0 Å². The van der Waals surface area contributed by atoms with E-state index >= 15 is 0 Å². The highest BCUT2D eigenvalue weighted by molar-refractivity contribution is 7.99. The number of methoxy groups -OCH3 is 1. The Hall–Kier alpha value is -2.13. The number of rotatable bonds is 9. The maximum absolute atomic E-state index is 5.73. The van der Waals surface area contributed by atoms with Crippen molar-refractivity contribution in [2.75, 3.05) is 25.2 Å². The van der Waals surface area contributed by atoms with Crippen molar-refractivity contribution in [2.45, 2.75) is 12.8 Å². The number of fused-ring (bicyclic) bond motifs is 1. The van der Waals surface area contributed by atoms with E-state index in [4.69, 9.17) is 9.47 Å². The molecule has 3 aromatic carbocycles. The predicted molar refractivity (Wildman–Crippen MR) is 108 cm³/mol. The molecule has 0 radical (unpaired) electrons. The summed E-state index contributed by atoms with van der Waals surface area (Å²) in [4.78, 5) is 0. The van der Waals surface area contributed by atoms with Gasteiger partial charge in [-0.3, -0.25) is 0 Å². The van der Waals surface area contributed by atoms with E-state index in [-0.39, 0.29) is 0 Å². The van der Waals surface area contributed by atoms with E-state index < -0.39 is 0 Å². The van der Waals surface area contributed by atoms with Crippen molar-refractivity contribution in [3.63, 3.8) is 0 Å². The van der Waals surface area contributed by atoms with Gasteiger partial charge in [0.15, 0.2) is 0 Å². The smallest absolute Gasteiger partial charge is 0.126 e. The van der Waals surface area contributed by atoms with Gasteiger partial charge in [-0.1, -0.05) is 48.5 Å². The molecule has 25 heavy (non-hydrogen) atoms. The van der Waals surface area contributed by atoms with Crippen LogP contribution in [0.25, 0.3) is 10.8 Å². The standard InChI is InChI=1S/C22H24O2S/c1-23-22-13-6-11-20-18(8-5-12-21(20)22)14-17-25-16-7-15-24-19-9-3-2-4-10-19/h2-6,8-13H,7,14-17H2,1H3. The monoisotopic (exact) mass is 352 g/mol. The Kier molecular flexibility index (Phi) is 6.63. The first-order chi connectivity index (χ1) is 12.4. The topological polar surface area (TPSA) is 18.5 Å². The molecule has 3 aromatic rings. The van der Waals surface area contributed by atoms with Crippen molar-refractivity contribution in [1.29, 1.82) is 0 Å². The van der Waals surface area contributed by atoms with Crippen LogP contribution in [0.15, 0.2) is 66.7 Å². The van der Waals surface area contributed by atoms with Crippen LogP contribution in [0.1, 0.15) is 12.0 Å². The molecule has 0 aliphatic heterocycles. The van der Waals surface area contributed by atoms with Gasteiger partial charge in [0.25, 0.3) is 0 Å². The van der Waals surface area contributed by atoms with Crippen molar-refractivity contribution in [3.8, 4) is 11.5 Å². The predicted octanol–water partition coefficient (Wildman–Crippen LogP) is 5.59. The molecule has 0 saturated heterocycles. The van der Waals surface area contributed by atoms with Gasteiger partial charge in [0, 0.05) is 5.39 Å². The number of hydrogen-bond donors (Lipinski definition) is 0. The van der Waals surface area contributed by atoms with E-state index in [0.717, 1.165) is 42.5 Å². The van der Waals surface area contributed by atoms with Gasteiger partial charge in [0.2, 0.25) is 0 Å². The fraction of sp³-hybridized carbons (Fsp3) is 0.273. The zero-order chi connectivity index (χ0) is 17.3. The minimum atomic E-state index is 0.780. The summed E-state index contributed by atoms with van der Waals surface area (Å²) in [5.41, 5.74) is 1.39. The van der Waals surface area contributed by atoms with Crippen molar-refractivity contribution in [3.05, 3.63) is 72.3 Å². The Morgan fingerprint density at radius 2 is 1.60 bits per heavy atom. The zero-order valence-corrected chi connectivity index (χ0v) is 15.4. The largest absolute Gasteiger partial charge is 0.496 e. The van der Waals surface area contributed by atoms with E-state index in [1.54, 1.807) is 7.11 Å². The molecule has 0 N–H and O–H groups in total. The Bertz CT molecular complexity index is 786. The molecule has 0 amide bonds. The molecule has 0 aliphatic rings. The summed E-state index contributed by atoms with van der Waals surface area (Å²) >= 11 is 1.99. The van der Waals surface area contributed by atoms with Gasteiger partial charge in [-0.25, -0.2) is 0 Å². The Morgan fingerprint density at radius 3 is 2.44 bits per heavy atom. The first-order valence-corrected chi connectivity index (χ1v) is 9.84. The fourth-order valence-corrected chi connectivity index (χ4v) is 3.78. The number of thioether (sulfide) groups is 1. The second-order valence-electron chi connectivity index (χ2n) is 5.85. The third-order valence-corrected chi connectivity index (χ3v) is 5.22. The molecular formula is C22H24O2S. The summed E-state index contributed by atoms with van der Waals surface area (Å²) in [6, 6.07) is 22.8. The number of ether oxygens (including phenoxy) is 2. The average Bonchev–Trinajstić information content (AvgIpc) is 2.67. The molecule has 130 valence electrons. The van der Waals surface area contributed by atoms with E-state index in [0.29, 0.717) is 0 Å². The van der Waals surface area contributed by atoms with Crippen LogP contribution in [0, 0.1) is 0 Å². The molecule has 0 atom stereocenters. The fourth-order valence-electron chi connectivity index (χ4n) is 2.89. The van der Waals surface area contributed by atoms with Crippen LogP contribution in [0.2, 0.25) is 0 Å². The van der Waals surface area contributed by atoms with Gasteiger partial charge in [0.05, 0.1) is 13.7 Å². The van der Waals surface area contributed by atoms with Gasteiger partial charge in [-0.15, -0.1) is 0 Å². The molecule has 2 nitrogen and oxygen atoms in total. The molecule has 0 fully saturated rings. The lowest BCUT2D eigenvalue weighted by molar-refractivity contribution is 0.319.